The van der Waals surface area contributed by atoms with Gasteiger partial charge >= 0.3 is 0 Å². The summed E-state index contributed by atoms with van der Waals surface area (Å²) in [4.78, 5) is 17.3. The predicted octanol–water partition coefficient (Wildman–Crippen LogP) is 2.05. The van der Waals surface area contributed by atoms with Gasteiger partial charge in [-0.1, -0.05) is 0 Å². The Morgan fingerprint density at radius 2 is 2.08 bits per heavy atom. The lowest BCUT2D eigenvalue weighted by Crippen LogP contribution is -1.85. The van der Waals surface area contributed by atoms with Gasteiger partial charge < -0.3 is 0 Å². The highest BCUT2D eigenvalue weighted by molar-refractivity contribution is 5.76. The molecule has 0 N–H and O–H groups in total. The molecule has 0 atom stereocenters. The molecule has 5 heteroatoms. The van der Waals surface area contributed by atoms with Crippen LogP contribution in [0.2, 0.25) is 0 Å². The zero-order valence-electron chi connectivity index (χ0n) is 5.89. The summed E-state index contributed by atoms with van der Waals surface area (Å²) in [5, 5.41) is 10.3. The average Bonchev–Trinajstić information content (AvgIpc) is 2.49. The van der Waals surface area contributed by atoms with Crippen LogP contribution in [-0.4, -0.2) is 10.9 Å². The van der Waals surface area contributed by atoms with E-state index in [0.717, 1.165) is 0 Å². The number of non-ortho nitro benzene ring substituents is 1. The molecule has 0 fully saturated rings. The number of fused-ring (bicyclic) bond motifs is 1. The van der Waals surface area contributed by atoms with Crippen molar-refractivity contribution >= 4 is 23.1 Å². The van der Waals surface area contributed by atoms with Crippen molar-refractivity contribution in [3.63, 3.8) is 0 Å². The minimum atomic E-state index is -0.464. The number of nitrogens with zero attached hydrogens (tertiary/aromatic N) is 3. The lowest BCUT2D eigenvalue weighted by Gasteiger charge is -1.93. The molecule has 0 saturated carbocycles. The van der Waals surface area contributed by atoms with Gasteiger partial charge in [-0.05, 0) is 6.07 Å². The first-order valence-electron chi connectivity index (χ1n) is 3.22. The van der Waals surface area contributed by atoms with E-state index in [4.69, 9.17) is 0 Å². The molecule has 5 nitrogen and oxygen atoms in total. The summed E-state index contributed by atoms with van der Waals surface area (Å²) >= 11 is 0. The van der Waals surface area contributed by atoms with Gasteiger partial charge in [0.1, 0.15) is 17.4 Å². The highest BCUT2D eigenvalue weighted by Gasteiger charge is 2.11. The second-order valence-electron chi connectivity index (χ2n) is 2.25. The number of rotatable bonds is 1. The van der Waals surface area contributed by atoms with E-state index >= 15 is 0 Å². The van der Waals surface area contributed by atoms with Gasteiger partial charge in [0.15, 0.2) is 0 Å². The molecule has 1 aliphatic rings. The summed E-state index contributed by atoms with van der Waals surface area (Å²) < 4.78 is 0. The quantitative estimate of drug-likeness (QED) is 0.474. The fraction of sp³-hybridized carbons (Fsp3) is 0. The maximum Gasteiger partial charge on any atom is 0.271 e. The number of nitro groups is 1. The van der Waals surface area contributed by atoms with Crippen LogP contribution in [0.3, 0.4) is 0 Å². The maximum absolute atomic E-state index is 10.3. The van der Waals surface area contributed by atoms with E-state index < -0.39 is 4.92 Å². The third-order valence-corrected chi connectivity index (χ3v) is 1.51. The normalized spacial score (nSPS) is 11.7. The maximum atomic E-state index is 10.3. The van der Waals surface area contributed by atoms with Gasteiger partial charge in [0.25, 0.3) is 5.69 Å². The Morgan fingerprint density at radius 1 is 1.33 bits per heavy atom. The Kier molecular flexibility index (Phi) is 1.26. The molecule has 1 aromatic rings. The monoisotopic (exact) mass is 161 g/mol. The number of hydrogen-bond donors (Lipinski definition) is 0. The van der Waals surface area contributed by atoms with Crippen LogP contribution in [0.25, 0.3) is 0 Å². The number of hydrogen-bond acceptors (Lipinski definition) is 4. The summed E-state index contributed by atoms with van der Waals surface area (Å²) in [6.07, 6.45) is 0. The van der Waals surface area contributed by atoms with Crippen molar-refractivity contribution in [2.75, 3.05) is 0 Å². The van der Waals surface area contributed by atoms with Crippen molar-refractivity contribution in [3.05, 3.63) is 28.3 Å². The van der Waals surface area contributed by atoms with Crippen LogP contribution in [0.5, 0.6) is 0 Å². The Balaban J connectivity index is 2.55. The predicted molar refractivity (Wildman–Crippen MR) is 42.3 cm³/mol. The van der Waals surface area contributed by atoms with Gasteiger partial charge in [0.2, 0.25) is 0 Å². The molecule has 0 aliphatic carbocycles. The van der Waals surface area contributed by atoms with Crippen LogP contribution in [0.15, 0.2) is 28.2 Å². The second kappa shape index (κ2) is 2.25. The number of nitro benzene ring substituents is 1. The second-order valence-corrected chi connectivity index (χ2v) is 2.25. The molecule has 1 heterocycles. The first-order chi connectivity index (χ1) is 5.77. The van der Waals surface area contributed by atoms with Crippen molar-refractivity contribution in [2.24, 2.45) is 9.98 Å². The summed E-state index contributed by atoms with van der Waals surface area (Å²) in [6.45, 7) is 0. The number of benzene rings is 1. The largest absolute Gasteiger partial charge is 0.271 e. The van der Waals surface area contributed by atoms with Crippen molar-refractivity contribution in [3.8, 4) is 0 Å². The Morgan fingerprint density at radius 3 is 2.83 bits per heavy atom. The highest BCUT2D eigenvalue weighted by Crippen LogP contribution is 2.33. The van der Waals surface area contributed by atoms with E-state index in [1.807, 2.05) is 0 Å². The van der Waals surface area contributed by atoms with Gasteiger partial charge in [-0.3, -0.25) is 10.1 Å². The molecule has 0 saturated heterocycles. The third-order valence-electron chi connectivity index (χ3n) is 1.51. The molecule has 0 bridgehead atoms. The molecule has 0 spiro atoms. The Bertz CT molecular complexity index is 419. The topological polar surface area (TPSA) is 67.9 Å². The van der Waals surface area contributed by atoms with E-state index in [-0.39, 0.29) is 5.69 Å². The van der Waals surface area contributed by atoms with Crippen LogP contribution in [-0.2, 0) is 0 Å². The molecule has 58 valence electrons. The molecule has 0 aromatic heterocycles. The molecule has 1 aromatic carbocycles. The minimum absolute atomic E-state index is 0.0244. The van der Waals surface area contributed by atoms with E-state index in [0.29, 0.717) is 11.4 Å². The van der Waals surface area contributed by atoms with E-state index in [1.165, 1.54) is 12.1 Å². The summed E-state index contributed by atoms with van der Waals surface area (Å²) in [5.41, 5.74) is 1.15. The van der Waals surface area contributed by atoms with E-state index in [1.54, 1.807) is 6.07 Å². The van der Waals surface area contributed by atoms with Crippen LogP contribution in [0.1, 0.15) is 0 Å². The van der Waals surface area contributed by atoms with E-state index in [9.17, 15) is 10.1 Å². The summed E-state index contributed by atoms with van der Waals surface area (Å²) in [7, 11) is 0. The average molecular weight is 161 g/mol. The van der Waals surface area contributed by atoms with Crippen molar-refractivity contribution in [2.45, 2.75) is 0 Å². The fourth-order valence-electron chi connectivity index (χ4n) is 0.942. The molecule has 1 aliphatic heterocycles. The molecular formula is C7H3N3O2. The highest BCUT2D eigenvalue weighted by atomic mass is 16.6. The molecule has 12 heavy (non-hydrogen) atoms. The van der Waals surface area contributed by atoms with E-state index in [2.05, 4.69) is 16.0 Å². The standard InChI is InChI=1S/C7H3N3O2/c11-10(12)5-1-2-6-7(3-5)9-4-8-6/h1-3H. The number of aliphatic imine (C=N–C) groups is 2. The van der Waals surface area contributed by atoms with Gasteiger partial charge in [0, 0.05) is 12.1 Å². The van der Waals surface area contributed by atoms with Gasteiger partial charge in [-0.15, -0.1) is 0 Å². The SMILES string of the molecule is O=[N+]([O-])c1ccc2c(c1)N=C=N2. The molecular weight excluding hydrogens is 158 g/mol. The first kappa shape index (κ1) is 6.69. The zero-order chi connectivity index (χ0) is 8.55. The van der Waals surface area contributed by atoms with Gasteiger partial charge in [-0.2, -0.15) is 9.98 Å². The van der Waals surface area contributed by atoms with Crippen molar-refractivity contribution in [1.29, 1.82) is 0 Å². The molecule has 0 unspecified atom stereocenters. The summed E-state index contributed by atoms with van der Waals surface area (Å²) in [5.74, 6) is 0. The molecule has 0 amide bonds. The van der Waals surface area contributed by atoms with Crippen LogP contribution < -0.4 is 0 Å². The van der Waals surface area contributed by atoms with Gasteiger partial charge in [0.05, 0.1) is 4.92 Å². The summed E-state index contributed by atoms with van der Waals surface area (Å²) in [6, 6.07) is 6.70. The van der Waals surface area contributed by atoms with Crippen LogP contribution >= 0.6 is 0 Å². The lowest BCUT2D eigenvalue weighted by molar-refractivity contribution is -0.384. The Labute approximate surface area is 67.2 Å². The minimum Gasteiger partial charge on any atom is -0.258 e. The van der Waals surface area contributed by atoms with Crippen molar-refractivity contribution in [1.82, 2.24) is 0 Å². The lowest BCUT2D eigenvalue weighted by atomic mass is 10.2. The van der Waals surface area contributed by atoms with Crippen LogP contribution in [0, 0.1) is 10.1 Å². The van der Waals surface area contributed by atoms with Crippen molar-refractivity contribution < 1.29 is 4.92 Å². The zero-order valence-corrected chi connectivity index (χ0v) is 5.89. The smallest absolute Gasteiger partial charge is 0.258 e. The Hall–Kier alpha value is -2.00. The fourth-order valence-corrected chi connectivity index (χ4v) is 0.942. The molecule has 2 rings (SSSR count). The first-order valence-corrected chi connectivity index (χ1v) is 3.22. The third kappa shape index (κ3) is 0.889. The van der Waals surface area contributed by atoms with Crippen LogP contribution in [0.4, 0.5) is 17.1 Å². The van der Waals surface area contributed by atoms with Gasteiger partial charge in [-0.25, -0.2) is 0 Å². The molecule has 0 radical (unpaired) electrons.